The largest absolute Gasteiger partial charge is 0.268 e. The van der Waals surface area contributed by atoms with Crippen LogP contribution in [0.1, 0.15) is 0 Å². The van der Waals surface area contributed by atoms with Gasteiger partial charge in [-0.25, -0.2) is 9.13 Å². The van der Waals surface area contributed by atoms with Gasteiger partial charge in [-0.2, -0.15) is 0 Å². The summed E-state index contributed by atoms with van der Waals surface area (Å²) < 4.78 is 4.08. The molecule has 30 heavy (non-hydrogen) atoms. The molecule has 6 nitrogen and oxygen atoms in total. The zero-order chi connectivity index (χ0) is 21.2. The van der Waals surface area contributed by atoms with Gasteiger partial charge in [0.05, 0.1) is 32.9 Å². The molecule has 0 N–H and O–H groups in total. The van der Waals surface area contributed by atoms with Gasteiger partial charge in [-0.1, -0.05) is 0 Å². The minimum atomic E-state index is -0.507. The van der Waals surface area contributed by atoms with Gasteiger partial charge in [0.15, 0.2) is 0 Å². The highest BCUT2D eigenvalue weighted by molar-refractivity contribution is 14.1. The second-order valence-corrected chi connectivity index (χ2v) is 9.28. The molecule has 0 atom stereocenters. The predicted octanol–water partition coefficient (Wildman–Crippen LogP) is 3.10. The Labute approximate surface area is 195 Å². The van der Waals surface area contributed by atoms with Crippen LogP contribution in [0.25, 0.3) is 32.9 Å². The number of aromatic nitrogens is 2. The standard InChI is InChI=1S/C22H10I2N2O4/c23-11-1-5-13(6-2-11)25-19(27)15-9-17-18(10-16(15)20(25)28)22(30)26(21(17)29)14-7-3-12(24)4-8-14/h1-10H. The van der Waals surface area contributed by atoms with Crippen LogP contribution in [0.3, 0.4) is 0 Å². The summed E-state index contributed by atoms with van der Waals surface area (Å²) in [7, 11) is 0. The van der Waals surface area contributed by atoms with Crippen LogP contribution >= 0.6 is 45.2 Å². The van der Waals surface area contributed by atoms with Crippen LogP contribution in [0.4, 0.5) is 0 Å². The fourth-order valence-corrected chi connectivity index (χ4v) is 4.34. The van der Waals surface area contributed by atoms with Gasteiger partial charge in [-0.05, 0) is 106 Å². The van der Waals surface area contributed by atoms with Gasteiger partial charge in [-0.15, -0.1) is 0 Å². The van der Waals surface area contributed by atoms with Crippen molar-refractivity contribution in [2.75, 3.05) is 0 Å². The Balaban J connectivity index is 1.83. The molecule has 0 fully saturated rings. The zero-order valence-corrected chi connectivity index (χ0v) is 19.4. The van der Waals surface area contributed by atoms with Crippen LogP contribution in [-0.4, -0.2) is 9.13 Å². The summed E-state index contributed by atoms with van der Waals surface area (Å²) in [5, 5.41) is 0.511. The van der Waals surface area contributed by atoms with Crippen molar-refractivity contribution in [2.45, 2.75) is 0 Å². The molecule has 0 amide bonds. The van der Waals surface area contributed by atoms with Crippen LogP contribution in [0.15, 0.2) is 79.8 Å². The second-order valence-electron chi connectivity index (χ2n) is 6.79. The van der Waals surface area contributed by atoms with E-state index in [1.807, 2.05) is 0 Å². The lowest BCUT2D eigenvalue weighted by molar-refractivity contribution is 0.987. The third kappa shape index (κ3) is 2.81. The molecule has 2 aromatic heterocycles. The summed E-state index contributed by atoms with van der Waals surface area (Å²) in [4.78, 5) is 51.8. The summed E-state index contributed by atoms with van der Waals surface area (Å²) in [6.07, 6.45) is 0. The number of hydrogen-bond donors (Lipinski definition) is 0. The third-order valence-electron chi connectivity index (χ3n) is 5.06. The second kappa shape index (κ2) is 6.98. The Morgan fingerprint density at radius 3 is 1.00 bits per heavy atom. The molecule has 5 rings (SSSR count). The Bertz CT molecular complexity index is 1470. The fourth-order valence-electron chi connectivity index (χ4n) is 3.62. The molecule has 0 saturated carbocycles. The quantitative estimate of drug-likeness (QED) is 0.285. The highest BCUT2D eigenvalue weighted by Gasteiger charge is 2.20. The van der Waals surface area contributed by atoms with Crippen LogP contribution in [0.5, 0.6) is 0 Å². The molecule has 146 valence electrons. The van der Waals surface area contributed by atoms with Crippen LogP contribution in [-0.2, 0) is 0 Å². The van der Waals surface area contributed by atoms with E-state index in [1.54, 1.807) is 48.5 Å². The third-order valence-corrected chi connectivity index (χ3v) is 6.50. The van der Waals surface area contributed by atoms with Gasteiger partial charge in [0.25, 0.3) is 22.2 Å². The molecule has 0 aliphatic heterocycles. The Hall–Kier alpha value is -2.60. The lowest BCUT2D eigenvalue weighted by atomic mass is 10.1. The number of rotatable bonds is 2. The Morgan fingerprint density at radius 2 is 0.733 bits per heavy atom. The smallest absolute Gasteiger partial charge is 0.266 e. The number of hydrogen-bond acceptors (Lipinski definition) is 4. The average molecular weight is 620 g/mol. The Kier molecular flexibility index (Phi) is 4.51. The van der Waals surface area contributed by atoms with Gasteiger partial charge in [-0.3, -0.25) is 19.2 Å². The van der Waals surface area contributed by atoms with E-state index in [2.05, 4.69) is 45.2 Å². The lowest BCUT2D eigenvalue weighted by Crippen LogP contribution is -2.24. The zero-order valence-electron chi connectivity index (χ0n) is 15.1. The molecule has 0 radical (unpaired) electrons. The predicted molar refractivity (Wildman–Crippen MR) is 133 cm³/mol. The van der Waals surface area contributed by atoms with Gasteiger partial charge in [0, 0.05) is 7.14 Å². The molecular weight excluding hydrogens is 610 g/mol. The van der Waals surface area contributed by atoms with Gasteiger partial charge < -0.3 is 0 Å². The maximum atomic E-state index is 13.0. The molecule has 0 bridgehead atoms. The van der Waals surface area contributed by atoms with Crippen LogP contribution in [0.2, 0.25) is 0 Å². The number of halogens is 2. The molecule has 8 heteroatoms. The van der Waals surface area contributed by atoms with E-state index in [4.69, 9.17) is 0 Å². The van der Waals surface area contributed by atoms with Crippen molar-refractivity contribution in [2.24, 2.45) is 0 Å². The SMILES string of the molecule is O=c1c2cc3c(=O)n(-c4ccc(I)cc4)c(=O)c3cc2c(=O)n1-c1ccc(I)cc1. The van der Waals surface area contributed by atoms with Crippen molar-refractivity contribution in [3.63, 3.8) is 0 Å². The van der Waals surface area contributed by atoms with Crippen molar-refractivity contribution in [1.29, 1.82) is 0 Å². The van der Waals surface area contributed by atoms with E-state index in [0.717, 1.165) is 16.3 Å². The Morgan fingerprint density at radius 1 is 0.467 bits per heavy atom. The summed E-state index contributed by atoms with van der Waals surface area (Å²) in [6.45, 7) is 0. The summed E-state index contributed by atoms with van der Waals surface area (Å²) in [5.74, 6) is 0. The van der Waals surface area contributed by atoms with E-state index < -0.39 is 22.2 Å². The first-order valence-corrected chi connectivity index (χ1v) is 11.0. The molecule has 0 spiro atoms. The topological polar surface area (TPSA) is 78.1 Å². The van der Waals surface area contributed by atoms with Crippen LogP contribution < -0.4 is 22.2 Å². The lowest BCUT2D eigenvalue weighted by Gasteiger charge is -2.00. The molecule has 0 aliphatic rings. The van der Waals surface area contributed by atoms with Crippen molar-refractivity contribution < 1.29 is 0 Å². The van der Waals surface area contributed by atoms with Gasteiger partial charge >= 0.3 is 0 Å². The van der Waals surface area contributed by atoms with E-state index in [-0.39, 0.29) is 21.5 Å². The van der Waals surface area contributed by atoms with E-state index in [1.165, 1.54) is 12.1 Å². The van der Waals surface area contributed by atoms with Gasteiger partial charge in [0.1, 0.15) is 0 Å². The maximum Gasteiger partial charge on any atom is 0.266 e. The fraction of sp³-hybridized carbons (Fsp3) is 0. The van der Waals surface area contributed by atoms with Crippen molar-refractivity contribution in [3.05, 3.63) is 109 Å². The first-order chi connectivity index (χ1) is 14.4. The van der Waals surface area contributed by atoms with Gasteiger partial charge in [0.2, 0.25) is 0 Å². The van der Waals surface area contributed by atoms with Crippen molar-refractivity contribution >= 4 is 66.7 Å². The molecule has 3 aromatic carbocycles. The van der Waals surface area contributed by atoms with Crippen molar-refractivity contribution in [3.8, 4) is 11.4 Å². The number of benzene rings is 3. The molecule has 5 aromatic rings. The maximum absolute atomic E-state index is 13.0. The first-order valence-electron chi connectivity index (χ1n) is 8.83. The minimum absolute atomic E-state index is 0.128. The normalized spacial score (nSPS) is 11.5. The highest BCUT2D eigenvalue weighted by atomic mass is 127. The number of nitrogens with zero attached hydrogens (tertiary/aromatic N) is 2. The van der Waals surface area contributed by atoms with Crippen LogP contribution in [0, 0.1) is 7.14 Å². The minimum Gasteiger partial charge on any atom is -0.268 e. The highest BCUT2D eigenvalue weighted by Crippen LogP contribution is 2.18. The molecule has 0 aliphatic carbocycles. The first kappa shape index (κ1) is 19.4. The van der Waals surface area contributed by atoms with E-state index >= 15 is 0 Å². The molecular formula is C22H10I2N2O4. The average Bonchev–Trinajstić information content (AvgIpc) is 3.13. The summed E-state index contributed by atoms with van der Waals surface area (Å²) in [6, 6.07) is 16.7. The van der Waals surface area contributed by atoms with Crippen molar-refractivity contribution in [1.82, 2.24) is 9.13 Å². The molecule has 0 unspecified atom stereocenters. The van der Waals surface area contributed by atoms with E-state index in [0.29, 0.717) is 11.4 Å². The summed E-state index contributed by atoms with van der Waals surface area (Å²) in [5.41, 5.74) is -1.14. The molecule has 2 heterocycles. The van der Waals surface area contributed by atoms with E-state index in [9.17, 15) is 19.2 Å². The number of fused-ring (bicyclic) bond motifs is 2. The summed E-state index contributed by atoms with van der Waals surface area (Å²) >= 11 is 4.27. The monoisotopic (exact) mass is 620 g/mol. The molecule has 0 saturated heterocycles.